The number of phenols is 1. The van der Waals surface area contributed by atoms with Gasteiger partial charge in [-0.25, -0.2) is 0 Å². The molecule has 0 bridgehead atoms. The van der Waals surface area contributed by atoms with Crippen LogP contribution >= 0.6 is 15.9 Å². The highest BCUT2D eigenvalue weighted by Gasteiger charge is 2.54. The summed E-state index contributed by atoms with van der Waals surface area (Å²) >= 11 is 3.40. The van der Waals surface area contributed by atoms with E-state index in [0.717, 1.165) is 5.56 Å². The number of hydrogen-bond acceptors (Lipinski definition) is 5. The Morgan fingerprint density at radius 3 is 2.42 bits per heavy atom. The maximum atomic E-state index is 12.1. The Hall–Kier alpha value is -1.05. The average molecular weight is 399 g/mol. The Balaban J connectivity index is 2.37. The lowest BCUT2D eigenvalue weighted by molar-refractivity contribution is -0.143. The summed E-state index contributed by atoms with van der Waals surface area (Å²) in [6, 6.07) is 5.16. The normalized spacial score (nSPS) is 20.0. The predicted molar refractivity (Wildman–Crippen MR) is 95.9 cm³/mol. The molecule has 2 rings (SSSR count). The highest BCUT2D eigenvalue weighted by molar-refractivity contribution is 9.10. The third-order valence-electron chi connectivity index (χ3n) is 4.70. The van der Waals surface area contributed by atoms with Gasteiger partial charge in [0.05, 0.1) is 28.7 Å². The zero-order valence-corrected chi connectivity index (χ0v) is 16.3. The Morgan fingerprint density at radius 2 is 1.88 bits per heavy atom. The summed E-state index contributed by atoms with van der Waals surface area (Å²) in [7, 11) is -0.613. The van der Waals surface area contributed by atoms with Crippen molar-refractivity contribution in [3.05, 3.63) is 28.2 Å². The second-order valence-electron chi connectivity index (χ2n) is 6.92. The molecule has 1 saturated heterocycles. The van der Waals surface area contributed by atoms with Gasteiger partial charge in [0.2, 0.25) is 0 Å². The highest BCUT2D eigenvalue weighted by Crippen LogP contribution is 2.44. The molecule has 0 aliphatic carbocycles. The molecule has 0 saturated carbocycles. The van der Waals surface area contributed by atoms with Gasteiger partial charge in [0.1, 0.15) is 5.75 Å². The maximum absolute atomic E-state index is 12.1. The number of carbonyl (C=O) groups excluding carboxylic acids is 1. The van der Waals surface area contributed by atoms with E-state index in [1.807, 2.05) is 33.8 Å². The maximum Gasteiger partial charge on any atom is 0.466 e. The molecule has 1 atom stereocenters. The molecule has 1 aromatic rings. The fourth-order valence-electron chi connectivity index (χ4n) is 2.63. The Kier molecular flexibility index (Phi) is 5.67. The van der Waals surface area contributed by atoms with Crippen molar-refractivity contribution >= 4 is 29.0 Å². The topological polar surface area (TPSA) is 65.0 Å². The summed E-state index contributed by atoms with van der Waals surface area (Å²) in [5, 5.41) is 9.99. The summed E-state index contributed by atoms with van der Waals surface area (Å²) < 4.78 is 17.9. The van der Waals surface area contributed by atoms with E-state index in [9.17, 15) is 9.90 Å². The molecule has 1 unspecified atom stereocenters. The Labute approximate surface area is 151 Å². The molecule has 132 valence electrons. The molecular formula is C17H24BBrO5. The van der Waals surface area contributed by atoms with Crippen LogP contribution in [0.5, 0.6) is 5.75 Å². The monoisotopic (exact) mass is 398 g/mol. The van der Waals surface area contributed by atoms with Gasteiger partial charge in [-0.2, -0.15) is 0 Å². The van der Waals surface area contributed by atoms with Gasteiger partial charge in [0.15, 0.2) is 0 Å². The van der Waals surface area contributed by atoms with Crippen LogP contribution in [0.2, 0.25) is 0 Å². The van der Waals surface area contributed by atoms with Crippen molar-refractivity contribution in [3.63, 3.8) is 0 Å². The van der Waals surface area contributed by atoms with E-state index in [1.54, 1.807) is 19.1 Å². The number of carbonyl (C=O) groups is 1. The standard InChI is InChI=1S/C17H24BBrO5/c1-6-22-14(21)10-12(11-8-7-9-13(20)15(11)19)18-23-16(2,3)17(4,5)24-18/h7-9,12,20H,6,10H2,1-5H3. The number of benzene rings is 1. The minimum absolute atomic E-state index is 0.104. The van der Waals surface area contributed by atoms with Crippen LogP contribution in [0.4, 0.5) is 0 Å². The molecule has 0 amide bonds. The van der Waals surface area contributed by atoms with Gasteiger partial charge < -0.3 is 19.2 Å². The average Bonchev–Trinajstić information content (AvgIpc) is 2.68. The summed E-state index contributed by atoms with van der Waals surface area (Å²) in [5.41, 5.74) is -0.261. The molecule has 24 heavy (non-hydrogen) atoms. The number of rotatable bonds is 5. The molecule has 7 heteroatoms. The summed E-state index contributed by atoms with van der Waals surface area (Å²) in [6.45, 7) is 9.94. The molecule has 5 nitrogen and oxygen atoms in total. The lowest BCUT2D eigenvalue weighted by Crippen LogP contribution is -2.41. The van der Waals surface area contributed by atoms with E-state index in [4.69, 9.17) is 14.0 Å². The van der Waals surface area contributed by atoms with Gasteiger partial charge >= 0.3 is 13.1 Å². The molecule has 0 radical (unpaired) electrons. The lowest BCUT2D eigenvalue weighted by atomic mass is 9.66. The Bertz CT molecular complexity index is 601. The zero-order valence-electron chi connectivity index (χ0n) is 14.8. The minimum atomic E-state index is -0.613. The summed E-state index contributed by atoms with van der Waals surface area (Å²) in [5.74, 6) is -0.614. The second-order valence-corrected chi connectivity index (χ2v) is 7.71. The first-order valence-electron chi connectivity index (χ1n) is 8.07. The van der Waals surface area contributed by atoms with Gasteiger partial charge in [0, 0.05) is 5.82 Å². The molecule has 1 heterocycles. The molecule has 0 spiro atoms. The molecule has 1 N–H and O–H groups in total. The number of halogens is 1. The van der Waals surface area contributed by atoms with Crippen LogP contribution in [-0.2, 0) is 18.8 Å². The number of ether oxygens (including phenoxy) is 1. The zero-order chi connectivity index (χ0) is 18.1. The lowest BCUT2D eigenvalue weighted by Gasteiger charge is -2.32. The van der Waals surface area contributed by atoms with Crippen LogP contribution in [0.15, 0.2) is 22.7 Å². The predicted octanol–water partition coefficient (Wildman–Crippen LogP) is 3.82. The van der Waals surface area contributed by atoms with E-state index in [0.29, 0.717) is 11.1 Å². The van der Waals surface area contributed by atoms with Crippen molar-refractivity contribution in [2.75, 3.05) is 6.61 Å². The first-order valence-corrected chi connectivity index (χ1v) is 8.87. The van der Waals surface area contributed by atoms with Crippen LogP contribution in [0, 0.1) is 0 Å². The van der Waals surface area contributed by atoms with Crippen LogP contribution in [0.25, 0.3) is 0 Å². The van der Waals surface area contributed by atoms with Crippen molar-refractivity contribution in [2.24, 2.45) is 0 Å². The molecule has 1 aromatic carbocycles. The smallest absolute Gasteiger partial charge is 0.466 e. The summed E-state index contributed by atoms with van der Waals surface area (Å²) in [6.07, 6.45) is 0.104. The van der Waals surface area contributed by atoms with Crippen LogP contribution in [-0.4, -0.2) is 36.0 Å². The van der Waals surface area contributed by atoms with Gasteiger partial charge in [-0.3, -0.25) is 4.79 Å². The number of aromatic hydroxyl groups is 1. The molecule has 0 aromatic heterocycles. The molecular weight excluding hydrogens is 375 g/mol. The Morgan fingerprint density at radius 1 is 1.29 bits per heavy atom. The molecule has 1 aliphatic heterocycles. The molecule has 1 fully saturated rings. The third kappa shape index (κ3) is 3.78. The first-order chi connectivity index (χ1) is 11.1. The van der Waals surface area contributed by atoms with Crippen molar-refractivity contribution in [1.82, 2.24) is 0 Å². The van der Waals surface area contributed by atoms with E-state index in [-0.39, 0.29) is 18.1 Å². The van der Waals surface area contributed by atoms with Crippen LogP contribution in [0.1, 0.15) is 52.4 Å². The van der Waals surface area contributed by atoms with E-state index in [1.165, 1.54) is 0 Å². The van der Waals surface area contributed by atoms with Gasteiger partial charge in [-0.05, 0) is 62.2 Å². The van der Waals surface area contributed by atoms with Crippen molar-refractivity contribution in [1.29, 1.82) is 0 Å². The number of phenolic OH excluding ortho intramolecular Hbond substituents is 1. The van der Waals surface area contributed by atoms with Gasteiger partial charge in [0.25, 0.3) is 0 Å². The van der Waals surface area contributed by atoms with E-state index in [2.05, 4.69) is 15.9 Å². The fraction of sp³-hybridized carbons (Fsp3) is 0.588. The highest BCUT2D eigenvalue weighted by atomic mass is 79.9. The van der Waals surface area contributed by atoms with Crippen LogP contribution in [0.3, 0.4) is 0 Å². The summed E-state index contributed by atoms with van der Waals surface area (Å²) in [4.78, 5) is 12.1. The van der Waals surface area contributed by atoms with Crippen molar-refractivity contribution in [2.45, 2.75) is 58.1 Å². The number of esters is 1. The number of hydrogen-bond donors (Lipinski definition) is 1. The second kappa shape index (κ2) is 7.06. The SMILES string of the molecule is CCOC(=O)CC(B1OC(C)(C)C(C)(C)O1)c1cccc(O)c1Br. The van der Waals surface area contributed by atoms with Crippen molar-refractivity contribution < 1.29 is 23.9 Å². The molecule has 1 aliphatic rings. The largest absolute Gasteiger partial charge is 0.507 e. The third-order valence-corrected chi connectivity index (χ3v) is 5.56. The van der Waals surface area contributed by atoms with Crippen molar-refractivity contribution in [3.8, 4) is 5.75 Å². The van der Waals surface area contributed by atoms with E-state index >= 15 is 0 Å². The fourth-order valence-corrected chi connectivity index (χ4v) is 3.19. The van der Waals surface area contributed by atoms with E-state index < -0.39 is 24.1 Å². The van der Waals surface area contributed by atoms with Crippen LogP contribution < -0.4 is 0 Å². The minimum Gasteiger partial charge on any atom is -0.507 e. The van der Waals surface area contributed by atoms with Gasteiger partial charge in [-0.15, -0.1) is 0 Å². The van der Waals surface area contributed by atoms with Gasteiger partial charge in [-0.1, -0.05) is 12.1 Å². The quantitative estimate of drug-likeness (QED) is 0.603. The first kappa shape index (κ1) is 19.3.